The van der Waals surface area contributed by atoms with Crippen LogP contribution in [0, 0.1) is 5.41 Å². The van der Waals surface area contributed by atoms with E-state index in [1.807, 2.05) is 25.1 Å². The molecule has 5 heteroatoms. The predicted octanol–water partition coefficient (Wildman–Crippen LogP) is 3.36. The Balaban J connectivity index is 1.78. The fraction of sp³-hybridized carbons (Fsp3) is 0.400. The highest BCUT2D eigenvalue weighted by atomic mass is 16.1. The summed E-state index contributed by atoms with van der Waals surface area (Å²) in [6.07, 6.45) is 2.53. The van der Waals surface area contributed by atoms with Gasteiger partial charge in [0.05, 0.1) is 6.54 Å². The molecule has 0 unspecified atom stereocenters. The van der Waals surface area contributed by atoms with Crippen LogP contribution in [0.15, 0.2) is 30.5 Å². The first kappa shape index (κ1) is 17.3. The van der Waals surface area contributed by atoms with E-state index in [1.165, 1.54) is 0 Å². The summed E-state index contributed by atoms with van der Waals surface area (Å²) in [4.78, 5) is 23.4. The van der Waals surface area contributed by atoms with Crippen LogP contribution in [0.1, 0.15) is 60.7 Å². The van der Waals surface area contributed by atoms with E-state index in [1.54, 1.807) is 17.2 Å². The number of aromatic nitrogens is 2. The summed E-state index contributed by atoms with van der Waals surface area (Å²) in [5.74, 6) is 0.338. The van der Waals surface area contributed by atoms with Crippen molar-refractivity contribution >= 4 is 11.6 Å². The molecule has 130 valence electrons. The lowest BCUT2D eigenvalue weighted by Gasteiger charge is -2.19. The van der Waals surface area contributed by atoms with Crippen LogP contribution in [0.2, 0.25) is 0 Å². The van der Waals surface area contributed by atoms with E-state index >= 15 is 0 Å². The lowest BCUT2D eigenvalue weighted by molar-refractivity contribution is 0.0962. The highest BCUT2D eigenvalue weighted by molar-refractivity contribution is 6.04. The van der Waals surface area contributed by atoms with Crippen LogP contribution in [0.5, 0.6) is 0 Å². The standard InChI is InChI=1S/C20H24N4O/c1-5-15-7-6-14-11-24(19(21)18(14)23-15)12-16(25)13-8-9-22-17(10-13)20(2,3)4/h6-10,21H,5,11-12H2,1-4H3. The van der Waals surface area contributed by atoms with Gasteiger partial charge < -0.3 is 4.90 Å². The van der Waals surface area contributed by atoms with Gasteiger partial charge in [-0.15, -0.1) is 0 Å². The van der Waals surface area contributed by atoms with Crippen molar-refractivity contribution in [1.29, 1.82) is 5.41 Å². The van der Waals surface area contributed by atoms with E-state index in [9.17, 15) is 4.79 Å². The number of nitrogens with zero attached hydrogens (tertiary/aromatic N) is 3. The molecule has 0 saturated carbocycles. The average molecular weight is 336 g/mol. The highest BCUT2D eigenvalue weighted by Gasteiger charge is 2.28. The first-order valence-electron chi connectivity index (χ1n) is 8.62. The Morgan fingerprint density at radius 2 is 2.04 bits per heavy atom. The minimum absolute atomic E-state index is 0.00108. The van der Waals surface area contributed by atoms with Crippen LogP contribution >= 0.6 is 0 Å². The van der Waals surface area contributed by atoms with Gasteiger partial charge in [0.25, 0.3) is 0 Å². The SMILES string of the molecule is CCc1ccc2c(n1)C(=N)N(CC(=O)c1ccnc(C(C)(C)C)c1)C2. The van der Waals surface area contributed by atoms with Crippen molar-refractivity contribution in [3.63, 3.8) is 0 Å². The van der Waals surface area contributed by atoms with Crippen LogP contribution in [0.3, 0.4) is 0 Å². The van der Waals surface area contributed by atoms with Gasteiger partial charge in [0.15, 0.2) is 5.78 Å². The molecule has 0 aliphatic carbocycles. The number of pyridine rings is 2. The Bertz CT molecular complexity index is 836. The molecule has 3 heterocycles. The molecule has 0 fully saturated rings. The minimum Gasteiger partial charge on any atom is -0.343 e. The number of hydrogen-bond acceptors (Lipinski definition) is 4. The Labute approximate surface area is 148 Å². The molecule has 1 aliphatic rings. The minimum atomic E-state index is -0.104. The third kappa shape index (κ3) is 3.45. The summed E-state index contributed by atoms with van der Waals surface area (Å²) in [7, 11) is 0. The Morgan fingerprint density at radius 1 is 1.28 bits per heavy atom. The van der Waals surface area contributed by atoms with Crippen LogP contribution in [0.25, 0.3) is 0 Å². The third-order valence-electron chi connectivity index (χ3n) is 4.49. The number of hydrogen-bond donors (Lipinski definition) is 1. The molecule has 0 atom stereocenters. The van der Waals surface area contributed by atoms with E-state index in [-0.39, 0.29) is 17.7 Å². The maximum atomic E-state index is 12.7. The number of rotatable bonds is 4. The van der Waals surface area contributed by atoms with Gasteiger partial charge in [0.2, 0.25) is 0 Å². The largest absolute Gasteiger partial charge is 0.343 e. The van der Waals surface area contributed by atoms with Crippen molar-refractivity contribution in [2.75, 3.05) is 6.54 Å². The smallest absolute Gasteiger partial charge is 0.182 e. The fourth-order valence-electron chi connectivity index (χ4n) is 2.91. The molecule has 0 spiro atoms. The molecule has 0 amide bonds. The zero-order chi connectivity index (χ0) is 18.2. The van der Waals surface area contributed by atoms with E-state index in [2.05, 4.69) is 30.7 Å². The monoisotopic (exact) mass is 336 g/mol. The summed E-state index contributed by atoms with van der Waals surface area (Å²) in [5, 5.41) is 8.36. The molecule has 0 saturated heterocycles. The molecule has 3 rings (SSSR count). The number of nitrogens with one attached hydrogen (secondary N) is 1. The first-order chi connectivity index (χ1) is 11.8. The molecular weight excluding hydrogens is 312 g/mol. The number of carbonyl (C=O) groups is 1. The molecule has 0 aromatic carbocycles. The van der Waals surface area contributed by atoms with Crippen molar-refractivity contribution in [1.82, 2.24) is 14.9 Å². The van der Waals surface area contributed by atoms with Gasteiger partial charge in [-0.2, -0.15) is 0 Å². The molecule has 25 heavy (non-hydrogen) atoms. The summed E-state index contributed by atoms with van der Waals surface area (Å²) >= 11 is 0. The van der Waals surface area contributed by atoms with Crippen LogP contribution in [-0.2, 0) is 18.4 Å². The zero-order valence-electron chi connectivity index (χ0n) is 15.3. The number of fused-ring (bicyclic) bond motifs is 1. The lowest BCUT2D eigenvalue weighted by Crippen LogP contribution is -2.30. The van der Waals surface area contributed by atoms with E-state index in [0.717, 1.165) is 23.4 Å². The summed E-state index contributed by atoms with van der Waals surface area (Å²) < 4.78 is 0. The highest BCUT2D eigenvalue weighted by Crippen LogP contribution is 2.23. The fourth-order valence-corrected chi connectivity index (χ4v) is 2.91. The van der Waals surface area contributed by atoms with Crippen molar-refractivity contribution in [3.8, 4) is 0 Å². The van der Waals surface area contributed by atoms with E-state index in [0.29, 0.717) is 23.6 Å². The number of Topliss-reactive ketones (excluding diaryl/α,β-unsaturated/α-hetero) is 1. The number of amidine groups is 1. The van der Waals surface area contributed by atoms with Gasteiger partial charge in [-0.25, -0.2) is 4.98 Å². The van der Waals surface area contributed by atoms with Gasteiger partial charge >= 0.3 is 0 Å². The first-order valence-corrected chi connectivity index (χ1v) is 8.62. The van der Waals surface area contributed by atoms with Gasteiger partial charge in [-0.1, -0.05) is 33.8 Å². The van der Waals surface area contributed by atoms with Crippen molar-refractivity contribution in [3.05, 3.63) is 58.7 Å². The number of ketones is 1. The molecule has 0 radical (unpaired) electrons. The maximum absolute atomic E-state index is 12.7. The zero-order valence-corrected chi connectivity index (χ0v) is 15.3. The average Bonchev–Trinajstić information content (AvgIpc) is 2.89. The summed E-state index contributed by atoms with van der Waals surface area (Å²) in [6, 6.07) is 7.63. The second kappa shape index (κ2) is 6.39. The summed E-state index contributed by atoms with van der Waals surface area (Å²) in [6.45, 7) is 9.03. The second-order valence-corrected chi connectivity index (χ2v) is 7.47. The Morgan fingerprint density at radius 3 is 2.72 bits per heavy atom. The lowest BCUT2D eigenvalue weighted by atomic mass is 9.90. The normalized spacial score (nSPS) is 13.9. The quantitative estimate of drug-likeness (QED) is 0.869. The molecule has 1 N–H and O–H groups in total. The second-order valence-electron chi connectivity index (χ2n) is 7.47. The molecule has 0 bridgehead atoms. The van der Waals surface area contributed by atoms with Gasteiger partial charge in [0.1, 0.15) is 11.5 Å². The predicted molar refractivity (Wildman–Crippen MR) is 98.1 cm³/mol. The maximum Gasteiger partial charge on any atom is 0.182 e. The summed E-state index contributed by atoms with van der Waals surface area (Å²) in [5.41, 5.74) is 4.13. The van der Waals surface area contributed by atoms with Crippen LogP contribution < -0.4 is 0 Å². The number of carbonyl (C=O) groups excluding carboxylic acids is 1. The van der Waals surface area contributed by atoms with Gasteiger partial charge in [0, 0.05) is 40.7 Å². The van der Waals surface area contributed by atoms with Crippen molar-refractivity contribution < 1.29 is 4.79 Å². The van der Waals surface area contributed by atoms with Crippen molar-refractivity contribution in [2.45, 2.75) is 46.1 Å². The van der Waals surface area contributed by atoms with Gasteiger partial charge in [-0.05, 0) is 24.6 Å². The molecule has 5 nitrogen and oxygen atoms in total. The number of aryl methyl sites for hydroxylation is 1. The molecular formula is C20H24N4O. The van der Waals surface area contributed by atoms with Crippen LogP contribution in [-0.4, -0.2) is 33.0 Å². The molecule has 1 aliphatic heterocycles. The van der Waals surface area contributed by atoms with Crippen molar-refractivity contribution in [2.24, 2.45) is 0 Å². The van der Waals surface area contributed by atoms with Gasteiger partial charge in [-0.3, -0.25) is 15.2 Å². The third-order valence-corrected chi connectivity index (χ3v) is 4.49. The Hall–Kier alpha value is -2.56. The van der Waals surface area contributed by atoms with E-state index in [4.69, 9.17) is 5.41 Å². The topological polar surface area (TPSA) is 69.9 Å². The molecule has 2 aromatic heterocycles. The molecule has 2 aromatic rings. The van der Waals surface area contributed by atoms with Crippen LogP contribution in [0.4, 0.5) is 0 Å². The Kier molecular flexibility index (Phi) is 4.41. The van der Waals surface area contributed by atoms with E-state index < -0.39 is 0 Å².